The average molecular weight is 239 g/mol. The van der Waals surface area contributed by atoms with Crippen molar-refractivity contribution in [3.05, 3.63) is 30.1 Å². The lowest BCUT2D eigenvalue weighted by atomic mass is 10.3. The number of carboxylic acid groups (broad SMARTS) is 1. The van der Waals surface area contributed by atoms with Crippen LogP contribution in [0, 0.1) is 0 Å². The maximum absolute atomic E-state index is 11.3. The molecule has 0 aliphatic rings. The van der Waals surface area contributed by atoms with Crippen LogP contribution in [-0.2, 0) is 11.3 Å². The van der Waals surface area contributed by atoms with E-state index in [-0.39, 0.29) is 6.54 Å². The zero-order valence-electron chi connectivity index (χ0n) is 8.96. The fraction of sp³-hybridized carbons (Fsp3) is 0.300. The van der Waals surface area contributed by atoms with Crippen LogP contribution < -0.4 is 10.6 Å². The van der Waals surface area contributed by atoms with Crippen LogP contribution in [0.2, 0.25) is 0 Å². The van der Waals surface area contributed by atoms with Crippen molar-refractivity contribution < 1.29 is 19.8 Å². The highest BCUT2D eigenvalue weighted by molar-refractivity contribution is 5.82. The molecule has 0 radical (unpaired) electrons. The van der Waals surface area contributed by atoms with E-state index in [1.165, 1.54) is 0 Å². The van der Waals surface area contributed by atoms with Gasteiger partial charge in [0.25, 0.3) is 0 Å². The molecule has 0 fully saturated rings. The Labute approximate surface area is 97.5 Å². The normalized spacial score (nSPS) is 11.6. The molecule has 0 aliphatic heterocycles. The third-order valence-electron chi connectivity index (χ3n) is 1.96. The van der Waals surface area contributed by atoms with Crippen molar-refractivity contribution >= 4 is 12.0 Å². The molecule has 1 rings (SSSR count). The molecule has 0 aliphatic carbocycles. The smallest absolute Gasteiger partial charge is 0.328 e. The van der Waals surface area contributed by atoms with Crippen LogP contribution in [0.5, 0.6) is 0 Å². The van der Waals surface area contributed by atoms with Crippen molar-refractivity contribution in [1.29, 1.82) is 0 Å². The molecule has 1 aromatic rings. The summed E-state index contributed by atoms with van der Waals surface area (Å²) in [5.41, 5.74) is 0.790. The SMILES string of the molecule is O=C(NCc1cccnc1)NC(CO)C(=O)O. The van der Waals surface area contributed by atoms with E-state index in [9.17, 15) is 9.59 Å². The van der Waals surface area contributed by atoms with Crippen molar-refractivity contribution in [2.45, 2.75) is 12.6 Å². The summed E-state index contributed by atoms with van der Waals surface area (Å²) >= 11 is 0. The highest BCUT2D eigenvalue weighted by Gasteiger charge is 2.18. The summed E-state index contributed by atoms with van der Waals surface area (Å²) in [6.45, 7) is -0.424. The maximum Gasteiger partial charge on any atom is 0.328 e. The molecule has 2 amide bonds. The number of amides is 2. The lowest BCUT2D eigenvalue weighted by molar-refractivity contribution is -0.140. The summed E-state index contributed by atoms with van der Waals surface area (Å²) < 4.78 is 0. The number of carbonyl (C=O) groups is 2. The van der Waals surface area contributed by atoms with Gasteiger partial charge in [-0.25, -0.2) is 9.59 Å². The molecule has 0 saturated heterocycles. The number of rotatable bonds is 5. The first kappa shape index (κ1) is 12.9. The molecule has 0 spiro atoms. The third-order valence-corrected chi connectivity index (χ3v) is 1.96. The molecule has 1 atom stereocenters. The molecular formula is C10H13N3O4. The topological polar surface area (TPSA) is 112 Å². The number of aliphatic hydroxyl groups is 1. The van der Waals surface area contributed by atoms with Gasteiger partial charge in [0.05, 0.1) is 6.61 Å². The quantitative estimate of drug-likeness (QED) is 0.544. The number of aromatic nitrogens is 1. The fourth-order valence-corrected chi connectivity index (χ4v) is 1.08. The molecule has 0 saturated carbocycles. The number of hydrogen-bond acceptors (Lipinski definition) is 4. The number of aliphatic hydroxyl groups excluding tert-OH is 1. The number of carboxylic acids is 1. The maximum atomic E-state index is 11.3. The minimum Gasteiger partial charge on any atom is -0.480 e. The standard InChI is InChI=1S/C10H13N3O4/c14-6-8(9(15)16)13-10(17)12-5-7-2-1-3-11-4-7/h1-4,8,14H,5-6H2,(H,15,16)(H2,12,13,17). The van der Waals surface area contributed by atoms with Crippen molar-refractivity contribution in [1.82, 2.24) is 15.6 Å². The predicted molar refractivity (Wildman–Crippen MR) is 58.1 cm³/mol. The van der Waals surface area contributed by atoms with Gasteiger partial charge in [0.15, 0.2) is 6.04 Å². The van der Waals surface area contributed by atoms with Crippen molar-refractivity contribution in [2.24, 2.45) is 0 Å². The molecular weight excluding hydrogens is 226 g/mol. The summed E-state index contributed by atoms with van der Waals surface area (Å²) in [6, 6.07) is 1.54. The van der Waals surface area contributed by atoms with Crippen LogP contribution in [0.1, 0.15) is 5.56 Å². The van der Waals surface area contributed by atoms with Crippen LogP contribution in [0.15, 0.2) is 24.5 Å². The zero-order valence-corrected chi connectivity index (χ0v) is 8.96. The first-order valence-electron chi connectivity index (χ1n) is 4.90. The summed E-state index contributed by atoms with van der Waals surface area (Å²) in [5.74, 6) is -1.29. The van der Waals surface area contributed by atoms with E-state index in [4.69, 9.17) is 10.2 Å². The highest BCUT2D eigenvalue weighted by Crippen LogP contribution is 1.94. The fourth-order valence-electron chi connectivity index (χ4n) is 1.08. The molecule has 7 heteroatoms. The third kappa shape index (κ3) is 4.47. The summed E-state index contributed by atoms with van der Waals surface area (Å²) in [5, 5.41) is 21.9. The lowest BCUT2D eigenvalue weighted by Gasteiger charge is -2.12. The molecule has 17 heavy (non-hydrogen) atoms. The van der Waals surface area contributed by atoms with Gasteiger partial charge in [0, 0.05) is 18.9 Å². The van der Waals surface area contributed by atoms with Gasteiger partial charge in [-0.15, -0.1) is 0 Å². The Kier molecular flexibility index (Phi) is 4.89. The Morgan fingerprint density at radius 3 is 2.76 bits per heavy atom. The molecule has 1 aromatic heterocycles. The lowest BCUT2D eigenvalue weighted by Crippen LogP contribution is -2.47. The van der Waals surface area contributed by atoms with E-state index in [1.54, 1.807) is 24.5 Å². The summed E-state index contributed by atoms with van der Waals surface area (Å²) in [6.07, 6.45) is 3.19. The molecule has 0 bridgehead atoms. The number of urea groups is 1. The second-order valence-electron chi connectivity index (χ2n) is 3.26. The van der Waals surface area contributed by atoms with Gasteiger partial charge in [-0.2, -0.15) is 0 Å². The van der Waals surface area contributed by atoms with Gasteiger partial charge in [-0.1, -0.05) is 6.07 Å². The molecule has 0 aromatic carbocycles. The van der Waals surface area contributed by atoms with E-state index in [2.05, 4.69) is 15.6 Å². The monoisotopic (exact) mass is 239 g/mol. The highest BCUT2D eigenvalue weighted by atomic mass is 16.4. The van der Waals surface area contributed by atoms with Crippen molar-refractivity contribution in [3.8, 4) is 0 Å². The number of aliphatic carboxylic acids is 1. The molecule has 1 unspecified atom stereocenters. The molecule has 7 nitrogen and oxygen atoms in total. The predicted octanol–water partition coefficient (Wildman–Crippen LogP) is -0.674. The van der Waals surface area contributed by atoms with Gasteiger partial charge in [0.1, 0.15) is 0 Å². The average Bonchev–Trinajstić information content (AvgIpc) is 2.34. The molecule has 92 valence electrons. The Bertz CT molecular complexity index is 382. The second kappa shape index (κ2) is 6.44. The Morgan fingerprint density at radius 2 is 2.24 bits per heavy atom. The number of carbonyl (C=O) groups excluding carboxylic acids is 1. The number of nitrogens with one attached hydrogen (secondary N) is 2. The van der Waals surface area contributed by atoms with Crippen molar-refractivity contribution in [2.75, 3.05) is 6.61 Å². The van der Waals surface area contributed by atoms with Crippen LogP contribution in [0.3, 0.4) is 0 Å². The Balaban J connectivity index is 2.37. The zero-order chi connectivity index (χ0) is 12.7. The first-order valence-corrected chi connectivity index (χ1v) is 4.90. The Hall–Kier alpha value is -2.15. The van der Waals surface area contributed by atoms with E-state index < -0.39 is 24.6 Å². The van der Waals surface area contributed by atoms with Crippen LogP contribution >= 0.6 is 0 Å². The Morgan fingerprint density at radius 1 is 1.47 bits per heavy atom. The minimum atomic E-state index is -1.30. The largest absolute Gasteiger partial charge is 0.480 e. The number of nitrogens with zero attached hydrogens (tertiary/aromatic N) is 1. The van der Waals surface area contributed by atoms with Crippen molar-refractivity contribution in [3.63, 3.8) is 0 Å². The number of pyridine rings is 1. The van der Waals surface area contributed by atoms with Crippen LogP contribution in [-0.4, -0.2) is 39.8 Å². The van der Waals surface area contributed by atoms with Crippen LogP contribution in [0.25, 0.3) is 0 Å². The summed E-state index contributed by atoms with van der Waals surface area (Å²) in [4.78, 5) is 25.7. The molecule has 4 N–H and O–H groups in total. The first-order chi connectivity index (χ1) is 8.13. The van der Waals surface area contributed by atoms with Crippen LogP contribution in [0.4, 0.5) is 4.79 Å². The van der Waals surface area contributed by atoms with E-state index in [0.29, 0.717) is 0 Å². The van der Waals surface area contributed by atoms with Gasteiger partial charge in [-0.3, -0.25) is 4.98 Å². The van der Waals surface area contributed by atoms with Gasteiger partial charge < -0.3 is 20.8 Å². The van der Waals surface area contributed by atoms with Gasteiger partial charge in [-0.05, 0) is 11.6 Å². The van der Waals surface area contributed by atoms with E-state index in [1.807, 2.05) is 0 Å². The van der Waals surface area contributed by atoms with E-state index in [0.717, 1.165) is 5.56 Å². The van der Waals surface area contributed by atoms with Gasteiger partial charge in [0.2, 0.25) is 0 Å². The molecule has 1 heterocycles. The second-order valence-corrected chi connectivity index (χ2v) is 3.26. The van der Waals surface area contributed by atoms with E-state index >= 15 is 0 Å². The summed E-state index contributed by atoms with van der Waals surface area (Å²) in [7, 11) is 0. The van der Waals surface area contributed by atoms with Gasteiger partial charge >= 0.3 is 12.0 Å². The minimum absolute atomic E-state index is 0.234. The number of hydrogen-bond donors (Lipinski definition) is 4.